The minimum absolute atomic E-state index is 0.257. The van der Waals surface area contributed by atoms with E-state index in [1.807, 2.05) is 43.3 Å². The van der Waals surface area contributed by atoms with E-state index in [4.69, 9.17) is 18.9 Å². The Kier molecular flexibility index (Phi) is 6.91. The van der Waals surface area contributed by atoms with Gasteiger partial charge in [-0.3, -0.25) is 9.78 Å². The van der Waals surface area contributed by atoms with Gasteiger partial charge in [-0.15, -0.1) is 0 Å². The summed E-state index contributed by atoms with van der Waals surface area (Å²) in [5.74, 6) is 2.02. The van der Waals surface area contributed by atoms with Crippen molar-refractivity contribution in [1.29, 1.82) is 0 Å². The molecule has 0 aliphatic carbocycles. The maximum absolute atomic E-state index is 12.9. The highest BCUT2D eigenvalue weighted by Crippen LogP contribution is 2.36. The van der Waals surface area contributed by atoms with Crippen LogP contribution in [-0.4, -0.2) is 39.3 Å². The van der Waals surface area contributed by atoms with Crippen LogP contribution in [0, 0.1) is 6.92 Å². The van der Waals surface area contributed by atoms with Gasteiger partial charge >= 0.3 is 0 Å². The zero-order valence-electron chi connectivity index (χ0n) is 20.3. The number of carbonyl (C=O) groups excluding carboxylic acids is 1. The number of benzene rings is 3. The largest absolute Gasteiger partial charge is 0.493 e. The van der Waals surface area contributed by atoms with Crippen molar-refractivity contribution in [2.75, 3.05) is 39.1 Å². The zero-order chi connectivity index (χ0) is 24.9. The summed E-state index contributed by atoms with van der Waals surface area (Å²) in [5, 5.41) is 7.29. The monoisotopic (exact) mass is 473 g/mol. The van der Waals surface area contributed by atoms with Crippen LogP contribution in [0.1, 0.15) is 15.9 Å². The lowest BCUT2D eigenvalue weighted by Gasteiger charge is -2.15. The van der Waals surface area contributed by atoms with Crippen LogP contribution in [0.15, 0.2) is 60.8 Å². The fourth-order valence-electron chi connectivity index (χ4n) is 3.74. The van der Waals surface area contributed by atoms with Gasteiger partial charge in [-0.2, -0.15) is 0 Å². The molecule has 1 heterocycles. The first-order valence-corrected chi connectivity index (χ1v) is 10.9. The van der Waals surface area contributed by atoms with Gasteiger partial charge in [-0.25, -0.2) is 0 Å². The number of hydrogen-bond acceptors (Lipinski definition) is 7. The van der Waals surface area contributed by atoms with Crippen LogP contribution in [0.5, 0.6) is 23.0 Å². The highest BCUT2D eigenvalue weighted by Gasteiger charge is 2.13. The molecule has 1 aromatic heterocycles. The average Bonchev–Trinajstić information content (AvgIpc) is 2.89. The van der Waals surface area contributed by atoms with Gasteiger partial charge < -0.3 is 29.6 Å². The van der Waals surface area contributed by atoms with Gasteiger partial charge in [0.25, 0.3) is 5.91 Å². The third kappa shape index (κ3) is 4.91. The zero-order valence-corrected chi connectivity index (χ0v) is 20.3. The summed E-state index contributed by atoms with van der Waals surface area (Å²) in [6.45, 7) is 2.00. The molecule has 0 atom stereocenters. The minimum Gasteiger partial charge on any atom is -0.493 e. The van der Waals surface area contributed by atoms with Gasteiger partial charge in [0.05, 0.1) is 34.0 Å². The molecule has 4 rings (SSSR count). The highest BCUT2D eigenvalue weighted by atomic mass is 16.5. The van der Waals surface area contributed by atoms with Gasteiger partial charge in [0.2, 0.25) is 0 Å². The van der Waals surface area contributed by atoms with E-state index >= 15 is 0 Å². The van der Waals surface area contributed by atoms with Crippen molar-refractivity contribution in [3.63, 3.8) is 0 Å². The molecule has 0 saturated carbocycles. The van der Waals surface area contributed by atoms with Gasteiger partial charge in [-0.1, -0.05) is 6.07 Å². The minimum atomic E-state index is -0.257. The van der Waals surface area contributed by atoms with Crippen molar-refractivity contribution >= 4 is 33.9 Å². The molecule has 1 amide bonds. The number of methoxy groups -OCH3 is 4. The van der Waals surface area contributed by atoms with Crippen LogP contribution in [0.2, 0.25) is 0 Å². The van der Waals surface area contributed by atoms with Crippen LogP contribution >= 0.6 is 0 Å². The molecule has 0 saturated heterocycles. The smallest absolute Gasteiger partial charge is 0.255 e. The molecule has 35 heavy (non-hydrogen) atoms. The van der Waals surface area contributed by atoms with E-state index in [1.165, 1.54) is 7.11 Å². The van der Waals surface area contributed by atoms with E-state index in [1.54, 1.807) is 45.7 Å². The summed E-state index contributed by atoms with van der Waals surface area (Å²) in [7, 11) is 6.28. The van der Waals surface area contributed by atoms with Crippen LogP contribution in [0.25, 0.3) is 10.9 Å². The van der Waals surface area contributed by atoms with Crippen molar-refractivity contribution in [2.45, 2.75) is 6.92 Å². The Morgan fingerprint density at radius 1 is 0.743 bits per heavy atom. The highest BCUT2D eigenvalue weighted by molar-refractivity contribution is 6.05. The molecule has 0 bridgehead atoms. The van der Waals surface area contributed by atoms with Gasteiger partial charge in [0, 0.05) is 40.3 Å². The third-order valence-corrected chi connectivity index (χ3v) is 5.66. The molecular formula is C27H27N3O5. The summed E-state index contributed by atoms with van der Waals surface area (Å²) in [4.78, 5) is 17.3. The van der Waals surface area contributed by atoms with Gasteiger partial charge in [0.1, 0.15) is 0 Å². The standard InChI is InChI=1S/C27H27N3O5/c1-16-6-8-18(29-27(31)17-7-9-23(32-2)24(12-17)33-3)13-21(16)30-20-10-11-28-22-15-26(35-5)25(34-4)14-19(20)22/h6-15H,1-5H3,(H,28,30)(H,29,31). The molecule has 0 aliphatic heterocycles. The number of aryl methyl sites for hydroxylation is 1. The number of ether oxygens (including phenoxy) is 4. The molecule has 4 aromatic rings. The lowest BCUT2D eigenvalue weighted by atomic mass is 10.1. The molecule has 8 nitrogen and oxygen atoms in total. The molecule has 3 aromatic carbocycles. The number of hydrogen-bond donors (Lipinski definition) is 2. The molecule has 2 N–H and O–H groups in total. The summed E-state index contributed by atoms with van der Waals surface area (Å²) in [6, 6.07) is 16.4. The van der Waals surface area contributed by atoms with E-state index in [0.717, 1.165) is 27.8 Å². The fourth-order valence-corrected chi connectivity index (χ4v) is 3.74. The second kappa shape index (κ2) is 10.2. The van der Waals surface area contributed by atoms with Crippen molar-refractivity contribution in [3.8, 4) is 23.0 Å². The van der Waals surface area contributed by atoms with E-state index in [2.05, 4.69) is 15.6 Å². The first-order chi connectivity index (χ1) is 17.0. The number of nitrogens with one attached hydrogen (secondary N) is 2. The topological polar surface area (TPSA) is 90.9 Å². The second-order valence-corrected chi connectivity index (χ2v) is 7.76. The average molecular weight is 474 g/mol. The summed E-state index contributed by atoms with van der Waals surface area (Å²) < 4.78 is 21.4. The van der Waals surface area contributed by atoms with Crippen molar-refractivity contribution < 1.29 is 23.7 Å². The Hall–Kier alpha value is -4.46. The molecule has 0 aliphatic rings. The number of anilines is 3. The third-order valence-electron chi connectivity index (χ3n) is 5.66. The fraction of sp³-hybridized carbons (Fsp3) is 0.185. The number of aromatic nitrogens is 1. The number of carbonyl (C=O) groups is 1. The van der Waals surface area contributed by atoms with Crippen molar-refractivity contribution in [3.05, 3.63) is 71.9 Å². The van der Waals surface area contributed by atoms with Crippen LogP contribution < -0.4 is 29.6 Å². The van der Waals surface area contributed by atoms with Gasteiger partial charge in [-0.05, 0) is 55.0 Å². The molecule has 0 radical (unpaired) electrons. The Morgan fingerprint density at radius 3 is 2.14 bits per heavy atom. The number of pyridine rings is 1. The predicted octanol–water partition coefficient (Wildman–Crippen LogP) is 5.57. The maximum Gasteiger partial charge on any atom is 0.255 e. The number of amides is 1. The van der Waals surface area contributed by atoms with E-state index in [0.29, 0.717) is 34.2 Å². The lowest BCUT2D eigenvalue weighted by molar-refractivity contribution is 0.102. The Balaban J connectivity index is 1.62. The van der Waals surface area contributed by atoms with Crippen LogP contribution in [0.3, 0.4) is 0 Å². The van der Waals surface area contributed by atoms with E-state index < -0.39 is 0 Å². The van der Waals surface area contributed by atoms with E-state index in [9.17, 15) is 4.79 Å². The summed E-state index contributed by atoms with van der Waals surface area (Å²) in [6.07, 6.45) is 1.73. The predicted molar refractivity (Wildman–Crippen MR) is 137 cm³/mol. The summed E-state index contributed by atoms with van der Waals surface area (Å²) >= 11 is 0. The Morgan fingerprint density at radius 2 is 1.43 bits per heavy atom. The van der Waals surface area contributed by atoms with Crippen molar-refractivity contribution in [1.82, 2.24) is 4.98 Å². The number of rotatable bonds is 8. The first kappa shape index (κ1) is 23.7. The Bertz CT molecular complexity index is 1390. The maximum atomic E-state index is 12.9. The quantitative estimate of drug-likeness (QED) is 0.345. The van der Waals surface area contributed by atoms with Crippen LogP contribution in [-0.2, 0) is 0 Å². The summed E-state index contributed by atoms with van der Waals surface area (Å²) in [5.41, 5.74) is 4.58. The molecule has 0 spiro atoms. The molecular weight excluding hydrogens is 446 g/mol. The number of nitrogens with zero attached hydrogens (tertiary/aromatic N) is 1. The SMILES string of the molecule is COc1ccc(C(=O)Nc2ccc(C)c(Nc3ccnc4cc(OC)c(OC)cc34)c2)cc1OC. The van der Waals surface area contributed by atoms with E-state index in [-0.39, 0.29) is 5.91 Å². The second-order valence-electron chi connectivity index (χ2n) is 7.76. The number of fused-ring (bicyclic) bond motifs is 1. The lowest BCUT2D eigenvalue weighted by Crippen LogP contribution is -2.12. The molecule has 8 heteroatoms. The molecule has 0 fully saturated rings. The normalized spacial score (nSPS) is 10.5. The van der Waals surface area contributed by atoms with Crippen molar-refractivity contribution in [2.24, 2.45) is 0 Å². The molecule has 180 valence electrons. The van der Waals surface area contributed by atoms with Gasteiger partial charge in [0.15, 0.2) is 23.0 Å². The first-order valence-electron chi connectivity index (χ1n) is 10.9. The molecule has 0 unspecified atom stereocenters. The van der Waals surface area contributed by atoms with Crippen LogP contribution in [0.4, 0.5) is 17.1 Å². The Labute approximate surface area is 203 Å².